The molecule has 1 aliphatic rings. The molecular weight excluding hydrogens is 583 g/mol. The number of nitrogens with zero attached hydrogens (tertiary/aromatic N) is 1. The molecule has 4 aromatic carbocycles. The third kappa shape index (κ3) is 6.34. The molecule has 0 radical (unpaired) electrons. The molecule has 0 saturated heterocycles. The number of allylic oxidation sites excluding steroid dienone is 4. The van der Waals surface area contributed by atoms with Crippen molar-refractivity contribution in [2.45, 2.75) is 26.8 Å². The molecule has 6 rings (SSSR count). The first kappa shape index (κ1) is 27.2. The van der Waals surface area contributed by atoms with Gasteiger partial charge in [-0.15, -0.1) is 0 Å². The highest BCUT2D eigenvalue weighted by atomic mass is 127. The van der Waals surface area contributed by atoms with Crippen molar-refractivity contribution in [3.8, 4) is 5.75 Å². The Labute approximate surface area is 241 Å². The molecule has 1 aliphatic heterocycles. The maximum Gasteiger partial charge on any atom is 0.374 e. The first-order valence-corrected chi connectivity index (χ1v) is 12.7. The van der Waals surface area contributed by atoms with Gasteiger partial charge in [-0.05, 0) is 54.0 Å². The Morgan fingerprint density at radius 1 is 0.789 bits per heavy atom. The maximum atomic E-state index is 5.90. The predicted octanol–water partition coefficient (Wildman–Crippen LogP) is 5.06. The SMILES string of the molecule is CC[n+]1c(C=CC=CC=C2Nc3ccccc3O2)oc2ccccc21.CCc1ccc2ccccc2c1.[I-]. The molecule has 5 aromatic rings. The van der Waals surface area contributed by atoms with Crippen molar-refractivity contribution in [2.75, 3.05) is 5.32 Å². The van der Waals surface area contributed by atoms with Crippen LogP contribution < -0.4 is 38.6 Å². The van der Waals surface area contributed by atoms with Crippen molar-refractivity contribution in [3.63, 3.8) is 0 Å². The zero-order valence-corrected chi connectivity index (χ0v) is 23.8. The van der Waals surface area contributed by atoms with Crippen LogP contribution in [-0.2, 0) is 13.0 Å². The smallest absolute Gasteiger partial charge is 0.374 e. The third-order valence-corrected chi connectivity index (χ3v) is 6.25. The number of benzene rings is 4. The topological polar surface area (TPSA) is 38.3 Å². The van der Waals surface area contributed by atoms with Crippen LogP contribution in [0.2, 0.25) is 0 Å². The molecule has 0 saturated carbocycles. The second-order valence-electron chi connectivity index (χ2n) is 8.69. The second kappa shape index (κ2) is 13.1. The van der Waals surface area contributed by atoms with Gasteiger partial charge in [0.1, 0.15) is 6.54 Å². The van der Waals surface area contributed by atoms with Gasteiger partial charge in [-0.1, -0.05) is 91.9 Å². The normalized spacial score (nSPS) is 13.3. The van der Waals surface area contributed by atoms with Gasteiger partial charge in [0.2, 0.25) is 5.58 Å². The number of anilines is 1. The van der Waals surface area contributed by atoms with Crippen LogP contribution in [0.15, 0.2) is 126 Å². The van der Waals surface area contributed by atoms with Gasteiger partial charge < -0.3 is 38.4 Å². The van der Waals surface area contributed by atoms with Crippen molar-refractivity contribution < 1.29 is 37.7 Å². The monoisotopic (exact) mass is 614 g/mol. The number of hydrogen-bond acceptors (Lipinski definition) is 3. The van der Waals surface area contributed by atoms with Crippen LogP contribution in [0, 0.1) is 0 Å². The minimum Gasteiger partial charge on any atom is -1.00 e. The highest BCUT2D eigenvalue weighted by Gasteiger charge is 2.17. The number of aromatic nitrogens is 1. The fourth-order valence-corrected chi connectivity index (χ4v) is 4.32. The molecule has 0 unspecified atom stereocenters. The van der Waals surface area contributed by atoms with Crippen LogP contribution in [0.4, 0.5) is 5.69 Å². The highest BCUT2D eigenvalue weighted by molar-refractivity contribution is 5.83. The summed E-state index contributed by atoms with van der Waals surface area (Å²) in [4.78, 5) is 0. The summed E-state index contributed by atoms with van der Waals surface area (Å²) in [5.74, 6) is 2.41. The quantitative estimate of drug-likeness (QED) is 0.171. The molecule has 38 heavy (non-hydrogen) atoms. The van der Waals surface area contributed by atoms with Crippen LogP contribution in [0.5, 0.6) is 5.75 Å². The van der Waals surface area contributed by atoms with Crippen LogP contribution in [0.3, 0.4) is 0 Å². The maximum absolute atomic E-state index is 5.90. The molecule has 0 amide bonds. The molecule has 0 aliphatic carbocycles. The van der Waals surface area contributed by atoms with Gasteiger partial charge in [0.25, 0.3) is 5.52 Å². The summed E-state index contributed by atoms with van der Waals surface area (Å²) < 4.78 is 13.8. The van der Waals surface area contributed by atoms with Gasteiger partial charge in [-0.25, -0.2) is 0 Å². The summed E-state index contributed by atoms with van der Waals surface area (Å²) in [6.07, 6.45) is 10.8. The lowest BCUT2D eigenvalue weighted by molar-refractivity contribution is -0.674. The van der Waals surface area contributed by atoms with E-state index in [-0.39, 0.29) is 24.0 Å². The van der Waals surface area contributed by atoms with Crippen LogP contribution in [-0.4, -0.2) is 0 Å². The lowest BCUT2D eigenvalue weighted by atomic mass is 10.1. The van der Waals surface area contributed by atoms with Gasteiger partial charge >= 0.3 is 5.89 Å². The van der Waals surface area contributed by atoms with E-state index in [1.807, 2.05) is 72.8 Å². The fourth-order valence-electron chi connectivity index (χ4n) is 4.32. The Balaban J connectivity index is 0.000000218. The summed E-state index contributed by atoms with van der Waals surface area (Å²) in [5, 5.41) is 5.89. The van der Waals surface area contributed by atoms with Crippen LogP contribution in [0.1, 0.15) is 25.3 Å². The number of halogens is 1. The van der Waals surface area contributed by atoms with E-state index < -0.39 is 0 Å². The minimum atomic E-state index is 0. The van der Waals surface area contributed by atoms with Gasteiger partial charge in [-0.2, -0.15) is 4.57 Å². The van der Waals surface area contributed by atoms with E-state index in [9.17, 15) is 0 Å². The predicted molar refractivity (Wildman–Crippen MR) is 152 cm³/mol. The molecule has 1 N–H and O–H groups in total. The number of ether oxygens (including phenoxy) is 1. The van der Waals surface area contributed by atoms with Crippen molar-refractivity contribution in [1.82, 2.24) is 0 Å². The number of para-hydroxylation sites is 4. The first-order valence-electron chi connectivity index (χ1n) is 12.7. The van der Waals surface area contributed by atoms with E-state index >= 15 is 0 Å². The Bertz CT molecular complexity index is 1590. The number of nitrogens with one attached hydrogen (secondary N) is 1. The van der Waals surface area contributed by atoms with E-state index in [0.29, 0.717) is 0 Å². The summed E-state index contributed by atoms with van der Waals surface area (Å²) in [7, 11) is 0. The minimum absolute atomic E-state index is 0. The zero-order chi connectivity index (χ0) is 25.5. The summed E-state index contributed by atoms with van der Waals surface area (Å²) in [6.45, 7) is 5.16. The number of rotatable bonds is 5. The van der Waals surface area contributed by atoms with E-state index in [1.165, 1.54) is 16.3 Å². The van der Waals surface area contributed by atoms with E-state index in [4.69, 9.17) is 9.15 Å². The van der Waals surface area contributed by atoms with Gasteiger partial charge in [0.05, 0.1) is 11.8 Å². The largest absolute Gasteiger partial charge is 1.00 e. The highest BCUT2D eigenvalue weighted by Crippen LogP contribution is 2.32. The number of oxazole rings is 1. The Kier molecular flexibility index (Phi) is 9.38. The number of hydrogen-bond donors (Lipinski definition) is 1. The molecule has 192 valence electrons. The van der Waals surface area contributed by atoms with Crippen molar-refractivity contribution >= 4 is 33.6 Å². The van der Waals surface area contributed by atoms with Crippen molar-refractivity contribution in [1.29, 1.82) is 0 Å². The molecule has 1 aromatic heterocycles. The average molecular weight is 615 g/mol. The first-order chi connectivity index (χ1) is 18.2. The summed E-state index contributed by atoms with van der Waals surface area (Å²) in [5.41, 5.74) is 4.41. The Morgan fingerprint density at radius 2 is 1.55 bits per heavy atom. The molecule has 0 fully saturated rings. The molecule has 4 nitrogen and oxygen atoms in total. The third-order valence-electron chi connectivity index (χ3n) is 6.25. The molecule has 0 atom stereocenters. The zero-order valence-electron chi connectivity index (χ0n) is 21.6. The lowest BCUT2D eigenvalue weighted by Gasteiger charge is -1.99. The van der Waals surface area contributed by atoms with Crippen LogP contribution >= 0.6 is 0 Å². The van der Waals surface area contributed by atoms with Gasteiger partial charge in [-0.3, -0.25) is 0 Å². The molecule has 0 bridgehead atoms. The summed E-state index contributed by atoms with van der Waals surface area (Å²) >= 11 is 0. The van der Waals surface area contributed by atoms with Gasteiger partial charge in [0.15, 0.2) is 11.6 Å². The Hall–Kier alpha value is -3.84. The lowest BCUT2D eigenvalue weighted by Crippen LogP contribution is -3.00. The molecule has 0 spiro atoms. The fraction of sp³-hybridized carbons (Fsp3) is 0.121. The number of aryl methyl sites for hydroxylation is 2. The molecule has 2 heterocycles. The summed E-state index contributed by atoms with van der Waals surface area (Å²) in [6, 6.07) is 31.0. The second-order valence-corrected chi connectivity index (χ2v) is 8.69. The standard InChI is InChI=1S/C21H18N2O2.C12H12.HI/c1-2-23-17-11-7-9-13-19(17)25-21(23)15-5-3-4-14-20-22-16-10-6-8-12-18(16)24-20;1-2-10-7-8-11-5-3-4-6-12(11)9-10;/h3-15H,2H2,1H3;3-9H,2H2,1H3;1H. The number of fused-ring (bicyclic) bond motifs is 3. The van der Waals surface area contributed by atoms with Gasteiger partial charge in [0, 0.05) is 6.07 Å². The van der Waals surface area contributed by atoms with E-state index in [2.05, 4.69) is 72.3 Å². The van der Waals surface area contributed by atoms with E-state index in [0.717, 1.165) is 47.3 Å². The van der Waals surface area contributed by atoms with Crippen LogP contribution in [0.25, 0.3) is 27.9 Å². The Morgan fingerprint density at radius 3 is 2.37 bits per heavy atom. The van der Waals surface area contributed by atoms with E-state index in [1.54, 1.807) is 0 Å². The van der Waals surface area contributed by atoms with Crippen molar-refractivity contribution in [2.24, 2.45) is 0 Å². The molecule has 5 heteroatoms. The average Bonchev–Trinajstić information content (AvgIpc) is 3.53. The van der Waals surface area contributed by atoms with Crippen molar-refractivity contribution in [3.05, 3.63) is 133 Å². The molecular formula is C33H31IN2O2.